The summed E-state index contributed by atoms with van der Waals surface area (Å²) < 4.78 is 8.46. The Morgan fingerprint density at radius 1 is 1.16 bits per heavy atom. The minimum absolute atomic E-state index is 0.113. The Balaban J connectivity index is 1.42. The fraction of sp³-hybridized carbons (Fsp3) is 0.250. The van der Waals surface area contributed by atoms with Crippen LogP contribution < -0.4 is 5.32 Å². The summed E-state index contributed by atoms with van der Waals surface area (Å²) >= 11 is 3.44. The summed E-state index contributed by atoms with van der Waals surface area (Å²) in [6, 6.07) is 17.3. The smallest absolute Gasteiger partial charge is 0.268 e. The number of amides is 1. The quantitative estimate of drug-likeness (QED) is 0.392. The first-order valence-corrected chi connectivity index (χ1v) is 11.3. The van der Waals surface area contributed by atoms with Crippen molar-refractivity contribution < 1.29 is 9.21 Å². The summed E-state index contributed by atoms with van der Waals surface area (Å²) in [6.45, 7) is 3.73. The summed E-state index contributed by atoms with van der Waals surface area (Å²) in [5.74, 6) is 1.23. The monoisotopic (exact) mass is 491 g/mol. The maximum atomic E-state index is 13.0. The standard InChI is InChI=1S/C24H22BrN5O2/c1-14(16-8-10-19(25)11-9-16)26-23(31)18-4-3-5-20(12-18)30-22(17-6-7-17)13-21(29-30)24-28-27-15(2)32-24/h3-5,8-14,17H,6-7H2,1-2H3,(H,26,31)/t14-/m0/s1. The average molecular weight is 492 g/mol. The number of nitrogens with one attached hydrogen (secondary N) is 1. The summed E-state index contributed by atoms with van der Waals surface area (Å²) in [7, 11) is 0. The molecule has 2 aromatic heterocycles. The van der Waals surface area contributed by atoms with Crippen molar-refractivity contribution in [2.45, 2.75) is 38.6 Å². The van der Waals surface area contributed by atoms with Crippen LogP contribution in [0.5, 0.6) is 0 Å². The zero-order valence-electron chi connectivity index (χ0n) is 17.7. The van der Waals surface area contributed by atoms with Gasteiger partial charge in [0.15, 0.2) is 0 Å². The molecule has 2 aromatic carbocycles. The SMILES string of the molecule is Cc1nnc(-c2cc(C3CC3)n(-c3cccc(C(=O)N[C@@H](C)c4ccc(Br)cc4)c3)n2)o1. The number of aromatic nitrogens is 4. The van der Waals surface area contributed by atoms with Gasteiger partial charge in [-0.3, -0.25) is 4.79 Å². The molecular formula is C24H22BrN5O2. The average Bonchev–Trinajstić information content (AvgIpc) is 3.39. The Bertz CT molecular complexity index is 1270. The van der Waals surface area contributed by atoms with E-state index in [0.717, 1.165) is 34.3 Å². The van der Waals surface area contributed by atoms with Crippen LogP contribution in [0, 0.1) is 6.92 Å². The van der Waals surface area contributed by atoms with Crippen molar-refractivity contribution in [3.63, 3.8) is 0 Å². The second-order valence-corrected chi connectivity index (χ2v) is 8.98. The molecule has 32 heavy (non-hydrogen) atoms. The third-order valence-corrected chi connectivity index (χ3v) is 6.08. The van der Waals surface area contributed by atoms with Crippen molar-refractivity contribution in [2.75, 3.05) is 0 Å². The van der Waals surface area contributed by atoms with E-state index in [1.165, 1.54) is 0 Å². The zero-order chi connectivity index (χ0) is 22.2. The van der Waals surface area contributed by atoms with E-state index >= 15 is 0 Å². The first-order chi connectivity index (χ1) is 15.5. The Kier molecular flexibility index (Phi) is 5.38. The number of halogens is 1. The fourth-order valence-electron chi connectivity index (χ4n) is 3.67. The largest absolute Gasteiger partial charge is 0.420 e. The van der Waals surface area contributed by atoms with Gasteiger partial charge >= 0.3 is 0 Å². The molecule has 1 aliphatic carbocycles. The summed E-state index contributed by atoms with van der Waals surface area (Å²) in [4.78, 5) is 13.0. The number of carbonyl (C=O) groups is 1. The lowest BCUT2D eigenvalue weighted by Gasteiger charge is -2.15. The molecule has 162 valence electrons. The fourth-order valence-corrected chi connectivity index (χ4v) is 3.93. The molecule has 1 aliphatic rings. The molecule has 1 amide bonds. The van der Waals surface area contributed by atoms with E-state index < -0.39 is 0 Å². The van der Waals surface area contributed by atoms with E-state index in [-0.39, 0.29) is 11.9 Å². The van der Waals surface area contributed by atoms with Crippen LogP contribution in [0.4, 0.5) is 0 Å². The first kappa shape index (κ1) is 20.6. The third-order valence-electron chi connectivity index (χ3n) is 5.55. The molecule has 0 saturated heterocycles. The van der Waals surface area contributed by atoms with Crippen molar-refractivity contribution >= 4 is 21.8 Å². The number of rotatable bonds is 6. The highest BCUT2D eigenvalue weighted by molar-refractivity contribution is 9.10. The van der Waals surface area contributed by atoms with Gasteiger partial charge in [-0.25, -0.2) is 4.68 Å². The summed E-state index contributed by atoms with van der Waals surface area (Å²) in [5.41, 5.74) is 4.19. The van der Waals surface area contributed by atoms with Crippen LogP contribution in [0.1, 0.15) is 59.2 Å². The third kappa shape index (κ3) is 4.23. The molecule has 5 rings (SSSR count). The maximum absolute atomic E-state index is 13.0. The van der Waals surface area contributed by atoms with Gasteiger partial charge in [-0.15, -0.1) is 10.2 Å². The molecule has 0 spiro atoms. The highest BCUT2D eigenvalue weighted by atomic mass is 79.9. The molecule has 0 bridgehead atoms. The molecule has 0 unspecified atom stereocenters. The Morgan fingerprint density at radius 2 is 1.94 bits per heavy atom. The lowest BCUT2D eigenvalue weighted by molar-refractivity contribution is 0.0940. The molecule has 7 nitrogen and oxygen atoms in total. The van der Waals surface area contributed by atoms with Crippen molar-refractivity contribution in [1.29, 1.82) is 0 Å². The van der Waals surface area contributed by atoms with Crippen LogP contribution in [0.2, 0.25) is 0 Å². The van der Waals surface area contributed by atoms with Crippen molar-refractivity contribution in [1.82, 2.24) is 25.3 Å². The van der Waals surface area contributed by atoms with Crippen molar-refractivity contribution in [2.24, 2.45) is 0 Å². The van der Waals surface area contributed by atoms with Gasteiger partial charge in [0.25, 0.3) is 11.8 Å². The van der Waals surface area contributed by atoms with Crippen LogP contribution in [-0.2, 0) is 0 Å². The van der Waals surface area contributed by atoms with Gasteiger partial charge in [0.05, 0.1) is 11.7 Å². The van der Waals surface area contributed by atoms with Gasteiger partial charge in [0, 0.05) is 28.6 Å². The zero-order valence-corrected chi connectivity index (χ0v) is 19.3. The molecule has 0 aliphatic heterocycles. The number of hydrogen-bond donors (Lipinski definition) is 1. The van der Waals surface area contributed by atoms with Crippen LogP contribution in [0.25, 0.3) is 17.3 Å². The van der Waals surface area contributed by atoms with Gasteiger partial charge in [-0.05, 0) is 61.7 Å². The molecule has 1 N–H and O–H groups in total. The molecule has 8 heteroatoms. The van der Waals surface area contributed by atoms with E-state index in [9.17, 15) is 4.79 Å². The normalized spacial score (nSPS) is 14.3. The second-order valence-electron chi connectivity index (χ2n) is 8.06. The number of hydrogen-bond acceptors (Lipinski definition) is 5. The van der Waals surface area contributed by atoms with Gasteiger partial charge < -0.3 is 9.73 Å². The first-order valence-electron chi connectivity index (χ1n) is 10.5. The maximum Gasteiger partial charge on any atom is 0.268 e. The van der Waals surface area contributed by atoms with Crippen LogP contribution >= 0.6 is 15.9 Å². The molecule has 2 heterocycles. The predicted octanol–water partition coefficient (Wildman–Crippen LogP) is 5.36. The Morgan fingerprint density at radius 3 is 2.62 bits per heavy atom. The lowest BCUT2D eigenvalue weighted by atomic mass is 10.1. The van der Waals surface area contributed by atoms with E-state index in [1.807, 2.05) is 66.2 Å². The highest BCUT2D eigenvalue weighted by Crippen LogP contribution is 2.42. The lowest BCUT2D eigenvalue weighted by Crippen LogP contribution is -2.26. The van der Waals surface area contributed by atoms with Gasteiger partial charge in [0.1, 0.15) is 5.69 Å². The summed E-state index contributed by atoms with van der Waals surface area (Å²) in [5, 5.41) is 15.8. The predicted molar refractivity (Wildman–Crippen MR) is 124 cm³/mol. The van der Waals surface area contributed by atoms with E-state index in [0.29, 0.717) is 29.0 Å². The van der Waals surface area contributed by atoms with E-state index in [1.54, 1.807) is 6.92 Å². The molecule has 0 radical (unpaired) electrons. The van der Waals surface area contributed by atoms with Crippen molar-refractivity contribution in [3.05, 3.63) is 81.8 Å². The topological polar surface area (TPSA) is 85.8 Å². The van der Waals surface area contributed by atoms with Crippen LogP contribution in [0.15, 0.2) is 63.5 Å². The molecular weight excluding hydrogens is 470 g/mol. The summed E-state index contributed by atoms with van der Waals surface area (Å²) in [6.07, 6.45) is 2.25. The number of benzene rings is 2. The minimum atomic E-state index is -0.129. The van der Waals surface area contributed by atoms with Crippen molar-refractivity contribution in [3.8, 4) is 17.3 Å². The molecule has 1 atom stereocenters. The van der Waals surface area contributed by atoms with Gasteiger partial charge in [-0.2, -0.15) is 5.10 Å². The number of carbonyl (C=O) groups excluding carboxylic acids is 1. The Hall–Kier alpha value is -3.26. The van der Waals surface area contributed by atoms with Crippen LogP contribution in [-0.4, -0.2) is 25.9 Å². The highest BCUT2D eigenvalue weighted by Gasteiger charge is 2.30. The molecule has 4 aromatic rings. The minimum Gasteiger partial charge on any atom is -0.420 e. The second kappa shape index (κ2) is 8.35. The number of nitrogens with zero attached hydrogens (tertiary/aromatic N) is 4. The molecule has 1 fully saturated rings. The van der Waals surface area contributed by atoms with Gasteiger partial charge in [-0.1, -0.05) is 34.1 Å². The van der Waals surface area contributed by atoms with E-state index in [2.05, 4.69) is 31.4 Å². The van der Waals surface area contributed by atoms with E-state index in [4.69, 9.17) is 9.52 Å². The Labute approximate surface area is 194 Å². The van der Waals surface area contributed by atoms with Gasteiger partial charge in [0.2, 0.25) is 5.89 Å². The van der Waals surface area contributed by atoms with Crippen LogP contribution in [0.3, 0.4) is 0 Å². The number of aryl methyl sites for hydroxylation is 1. The molecule has 1 saturated carbocycles.